The van der Waals surface area contributed by atoms with Crippen LogP contribution in [-0.2, 0) is 16.9 Å². The normalized spacial score (nSPS) is 14.1. The van der Waals surface area contributed by atoms with Gasteiger partial charge in [-0.1, -0.05) is 41.9 Å². The molecule has 24 heavy (non-hydrogen) atoms. The highest BCUT2D eigenvalue weighted by Gasteiger charge is 2.60. The molecule has 0 spiro atoms. The molecule has 0 aliphatic rings. The lowest BCUT2D eigenvalue weighted by Gasteiger charge is -2.29. The van der Waals surface area contributed by atoms with Crippen molar-refractivity contribution in [1.29, 1.82) is 0 Å². The molecule has 4 nitrogen and oxygen atoms in total. The van der Waals surface area contributed by atoms with E-state index in [1.165, 1.54) is 18.2 Å². The molecule has 1 atom stereocenters. The molecule has 128 valence electrons. The van der Waals surface area contributed by atoms with E-state index in [2.05, 4.69) is 4.98 Å². The maximum absolute atomic E-state index is 13.5. The topological polar surface area (TPSA) is 62.2 Å². The average molecular weight is 363 g/mol. The Morgan fingerprint density at radius 1 is 1.25 bits per heavy atom. The van der Waals surface area contributed by atoms with Crippen LogP contribution in [0.5, 0.6) is 0 Å². The monoisotopic (exact) mass is 362 g/mol. The van der Waals surface area contributed by atoms with Gasteiger partial charge in [0.05, 0.1) is 6.20 Å². The van der Waals surface area contributed by atoms with Crippen molar-refractivity contribution in [1.82, 2.24) is 10.3 Å². The lowest BCUT2D eigenvalue weighted by atomic mass is 9.92. The molecule has 2 rings (SSSR count). The van der Waals surface area contributed by atoms with Gasteiger partial charge in [-0.05, 0) is 6.07 Å². The van der Waals surface area contributed by atoms with Crippen LogP contribution in [0.2, 0.25) is 5.15 Å². The van der Waals surface area contributed by atoms with Crippen molar-refractivity contribution in [2.75, 3.05) is 0 Å². The fourth-order valence-corrected chi connectivity index (χ4v) is 2.17. The molecule has 0 bridgehead atoms. The summed E-state index contributed by atoms with van der Waals surface area (Å²) in [6.45, 7) is -0.599. The third-order valence-corrected chi connectivity index (χ3v) is 3.48. The zero-order chi connectivity index (χ0) is 18.0. The Hall–Kier alpha value is -2.19. The molecular formula is C15H11ClF4N2O2. The van der Waals surface area contributed by atoms with Crippen molar-refractivity contribution >= 4 is 17.5 Å². The minimum absolute atomic E-state index is 0.0882. The molecule has 0 saturated heterocycles. The summed E-state index contributed by atoms with van der Waals surface area (Å²) in [6.07, 6.45) is -4.50. The van der Waals surface area contributed by atoms with Gasteiger partial charge in [-0.25, -0.2) is 9.37 Å². The van der Waals surface area contributed by atoms with E-state index in [1.807, 2.05) is 5.32 Å². The summed E-state index contributed by atoms with van der Waals surface area (Å²) in [5.41, 5.74) is -4.58. The molecule has 1 amide bonds. The Kier molecular flexibility index (Phi) is 5.10. The number of amides is 1. The lowest BCUT2D eigenvalue weighted by Crippen LogP contribution is -2.54. The Morgan fingerprint density at radius 3 is 2.46 bits per heavy atom. The smallest absolute Gasteiger partial charge is 0.369 e. The quantitative estimate of drug-likeness (QED) is 0.649. The van der Waals surface area contributed by atoms with Crippen molar-refractivity contribution < 1.29 is 27.5 Å². The molecule has 9 heteroatoms. The molecule has 1 heterocycles. The second-order valence-electron chi connectivity index (χ2n) is 4.86. The first-order valence-corrected chi connectivity index (χ1v) is 6.97. The van der Waals surface area contributed by atoms with E-state index in [-0.39, 0.29) is 10.7 Å². The number of hydrogen-bond acceptors (Lipinski definition) is 3. The molecule has 1 aromatic heterocycles. The maximum atomic E-state index is 13.5. The van der Waals surface area contributed by atoms with Gasteiger partial charge in [0.25, 0.3) is 11.5 Å². The van der Waals surface area contributed by atoms with Gasteiger partial charge >= 0.3 is 6.18 Å². The summed E-state index contributed by atoms with van der Waals surface area (Å²) in [7, 11) is 0. The van der Waals surface area contributed by atoms with Crippen molar-refractivity contribution in [3.63, 3.8) is 0 Å². The Morgan fingerprint density at radius 2 is 1.88 bits per heavy atom. The van der Waals surface area contributed by atoms with E-state index in [9.17, 15) is 27.5 Å². The number of carbonyl (C=O) groups is 1. The van der Waals surface area contributed by atoms with Crippen LogP contribution in [0.4, 0.5) is 17.6 Å². The van der Waals surface area contributed by atoms with E-state index in [0.29, 0.717) is 0 Å². The zero-order valence-corrected chi connectivity index (χ0v) is 12.7. The van der Waals surface area contributed by atoms with Gasteiger partial charge in [0.2, 0.25) is 0 Å². The van der Waals surface area contributed by atoms with Crippen LogP contribution in [0, 0.1) is 5.82 Å². The Labute approximate surface area is 139 Å². The van der Waals surface area contributed by atoms with Gasteiger partial charge in [0.1, 0.15) is 11.0 Å². The maximum Gasteiger partial charge on any atom is 0.430 e. The summed E-state index contributed by atoms with van der Waals surface area (Å²) in [5, 5.41) is 11.8. The lowest BCUT2D eigenvalue weighted by molar-refractivity contribution is -0.257. The van der Waals surface area contributed by atoms with E-state index >= 15 is 0 Å². The van der Waals surface area contributed by atoms with E-state index in [4.69, 9.17) is 11.6 Å². The molecule has 0 fully saturated rings. The average Bonchev–Trinajstić information content (AvgIpc) is 2.54. The van der Waals surface area contributed by atoms with Crippen molar-refractivity contribution in [3.05, 3.63) is 64.7 Å². The van der Waals surface area contributed by atoms with Crippen LogP contribution in [0.25, 0.3) is 0 Å². The second kappa shape index (κ2) is 6.74. The SMILES string of the molecule is O=C(NCc1cc(Cl)ncc1F)C(O)(c1ccccc1)C(F)(F)F. The van der Waals surface area contributed by atoms with Crippen LogP contribution in [0.15, 0.2) is 42.6 Å². The van der Waals surface area contributed by atoms with Gasteiger partial charge in [0, 0.05) is 17.7 Å². The van der Waals surface area contributed by atoms with Crippen molar-refractivity contribution in [2.45, 2.75) is 18.3 Å². The number of nitrogens with one attached hydrogen (secondary N) is 1. The highest BCUT2D eigenvalue weighted by atomic mass is 35.5. The van der Waals surface area contributed by atoms with Crippen LogP contribution < -0.4 is 5.32 Å². The number of nitrogens with zero attached hydrogens (tertiary/aromatic N) is 1. The minimum Gasteiger partial charge on any atom is -0.369 e. The molecule has 1 unspecified atom stereocenters. The summed E-state index contributed by atoms with van der Waals surface area (Å²) in [4.78, 5) is 15.5. The molecule has 2 aromatic rings. The van der Waals surface area contributed by atoms with Crippen molar-refractivity contribution in [3.8, 4) is 0 Å². The number of alkyl halides is 3. The number of halogens is 5. The summed E-state index contributed by atoms with van der Waals surface area (Å²) in [5.74, 6) is -2.58. The van der Waals surface area contributed by atoms with Gasteiger partial charge < -0.3 is 10.4 Å². The molecule has 1 aromatic carbocycles. The standard InChI is InChI=1S/C15H11ClF4N2O2/c16-12-6-9(11(17)8-21-12)7-22-13(23)14(24,15(18,19)20)10-4-2-1-3-5-10/h1-6,8,24H,7H2,(H,22,23). The van der Waals surface area contributed by atoms with Gasteiger partial charge in [-0.2, -0.15) is 13.2 Å². The predicted octanol–water partition coefficient (Wildman–Crippen LogP) is 2.94. The zero-order valence-electron chi connectivity index (χ0n) is 11.9. The molecule has 0 aliphatic heterocycles. The minimum atomic E-state index is -5.27. The highest BCUT2D eigenvalue weighted by Crippen LogP contribution is 2.39. The predicted molar refractivity (Wildman–Crippen MR) is 77.4 cm³/mol. The number of pyridine rings is 1. The van der Waals surface area contributed by atoms with Crippen LogP contribution in [-0.4, -0.2) is 22.2 Å². The van der Waals surface area contributed by atoms with E-state index in [0.717, 1.165) is 24.4 Å². The van der Waals surface area contributed by atoms with Gasteiger partial charge in [-0.3, -0.25) is 4.79 Å². The summed E-state index contributed by atoms with van der Waals surface area (Å²) >= 11 is 5.57. The van der Waals surface area contributed by atoms with Crippen LogP contribution >= 0.6 is 11.6 Å². The fourth-order valence-electron chi connectivity index (χ4n) is 1.99. The Balaban J connectivity index is 2.28. The highest BCUT2D eigenvalue weighted by molar-refractivity contribution is 6.29. The number of benzene rings is 1. The third kappa shape index (κ3) is 3.49. The molecule has 2 N–H and O–H groups in total. The number of hydrogen-bond donors (Lipinski definition) is 2. The first-order chi connectivity index (χ1) is 11.2. The first kappa shape index (κ1) is 18.2. The van der Waals surface area contributed by atoms with Gasteiger partial charge in [-0.15, -0.1) is 0 Å². The molecular weight excluding hydrogens is 352 g/mol. The van der Waals surface area contributed by atoms with Gasteiger partial charge in [0.15, 0.2) is 0 Å². The van der Waals surface area contributed by atoms with Crippen molar-refractivity contribution in [2.24, 2.45) is 0 Å². The van der Waals surface area contributed by atoms with Crippen LogP contribution in [0.3, 0.4) is 0 Å². The number of rotatable bonds is 4. The number of aromatic nitrogens is 1. The molecule has 0 aliphatic carbocycles. The molecule has 0 saturated carbocycles. The van der Waals surface area contributed by atoms with Crippen LogP contribution in [0.1, 0.15) is 11.1 Å². The fraction of sp³-hybridized carbons (Fsp3) is 0.200. The number of aliphatic hydroxyl groups is 1. The third-order valence-electron chi connectivity index (χ3n) is 3.27. The summed E-state index contributed by atoms with van der Waals surface area (Å²) < 4.78 is 53.4. The van der Waals surface area contributed by atoms with E-state index in [1.54, 1.807) is 0 Å². The Bertz CT molecular complexity index is 740. The first-order valence-electron chi connectivity index (χ1n) is 6.59. The number of carbonyl (C=O) groups excluding carboxylic acids is 1. The summed E-state index contributed by atoms with van der Waals surface area (Å²) in [6, 6.07) is 6.94. The largest absolute Gasteiger partial charge is 0.430 e. The second-order valence-corrected chi connectivity index (χ2v) is 5.24. The van der Waals surface area contributed by atoms with E-state index < -0.39 is 35.6 Å². The molecule has 0 radical (unpaired) electrons.